The van der Waals surface area contributed by atoms with E-state index in [0.29, 0.717) is 18.0 Å². The maximum atomic E-state index is 12.3. The van der Waals surface area contributed by atoms with Crippen LogP contribution in [0.15, 0.2) is 17.0 Å². The summed E-state index contributed by atoms with van der Waals surface area (Å²) in [5, 5.41) is 3.24. The number of hydrogen-bond donors (Lipinski definition) is 1. The van der Waals surface area contributed by atoms with E-state index in [1.54, 1.807) is 13.2 Å². The van der Waals surface area contributed by atoms with Crippen molar-refractivity contribution in [1.82, 2.24) is 9.62 Å². The molecule has 1 aromatic rings. The van der Waals surface area contributed by atoms with Gasteiger partial charge in [-0.25, -0.2) is 12.7 Å². The molecule has 1 rings (SSSR count). The van der Waals surface area contributed by atoms with E-state index in [4.69, 9.17) is 9.47 Å². The first-order chi connectivity index (χ1) is 9.88. The van der Waals surface area contributed by atoms with Gasteiger partial charge in [0.2, 0.25) is 10.0 Å². The second-order valence-corrected chi connectivity index (χ2v) is 6.93. The Bertz CT molecular complexity index is 571. The summed E-state index contributed by atoms with van der Waals surface area (Å²) in [6.45, 7) is 3.43. The molecule has 0 saturated heterocycles. The third kappa shape index (κ3) is 4.09. The van der Waals surface area contributed by atoms with Gasteiger partial charge in [-0.05, 0) is 19.0 Å². The maximum Gasteiger partial charge on any atom is 0.242 e. The second kappa shape index (κ2) is 7.63. The average molecular weight is 316 g/mol. The smallest absolute Gasteiger partial charge is 0.242 e. The SMILES string of the molecule is CCCNCc1cc(S(=O)(=O)N(C)C)cc(OC)c1OC. The van der Waals surface area contributed by atoms with Crippen LogP contribution in [0.25, 0.3) is 0 Å². The van der Waals surface area contributed by atoms with Crippen LogP contribution in [0.3, 0.4) is 0 Å². The number of rotatable bonds is 8. The van der Waals surface area contributed by atoms with E-state index in [1.807, 2.05) is 0 Å². The molecule has 0 aliphatic rings. The molecule has 0 fully saturated rings. The molecule has 0 unspecified atom stereocenters. The van der Waals surface area contributed by atoms with Crippen LogP contribution in [0.2, 0.25) is 0 Å². The molecule has 120 valence electrons. The van der Waals surface area contributed by atoms with Gasteiger partial charge in [-0.2, -0.15) is 0 Å². The zero-order valence-corrected chi connectivity index (χ0v) is 14.1. The Kier molecular flexibility index (Phi) is 6.44. The first-order valence-corrected chi connectivity index (χ1v) is 8.20. The molecule has 0 saturated carbocycles. The predicted molar refractivity (Wildman–Crippen MR) is 82.4 cm³/mol. The molecule has 0 amide bonds. The summed E-state index contributed by atoms with van der Waals surface area (Å²) in [7, 11) is 2.52. The number of nitrogens with one attached hydrogen (secondary N) is 1. The average Bonchev–Trinajstić information content (AvgIpc) is 2.46. The predicted octanol–water partition coefficient (Wildman–Crippen LogP) is 1.45. The van der Waals surface area contributed by atoms with Crippen LogP contribution in [0, 0.1) is 0 Å². The van der Waals surface area contributed by atoms with Crippen molar-refractivity contribution in [3.8, 4) is 11.5 Å². The van der Waals surface area contributed by atoms with Crippen LogP contribution in [-0.4, -0.2) is 47.6 Å². The lowest BCUT2D eigenvalue weighted by molar-refractivity contribution is 0.349. The van der Waals surface area contributed by atoms with Gasteiger partial charge < -0.3 is 14.8 Å². The summed E-state index contributed by atoms with van der Waals surface area (Å²) < 4.78 is 36.4. The molecule has 1 aromatic carbocycles. The van der Waals surface area contributed by atoms with Gasteiger partial charge in [0.25, 0.3) is 0 Å². The third-order valence-corrected chi connectivity index (χ3v) is 4.84. The largest absolute Gasteiger partial charge is 0.493 e. The van der Waals surface area contributed by atoms with Crippen LogP contribution in [0.5, 0.6) is 11.5 Å². The number of ether oxygens (including phenoxy) is 2. The highest BCUT2D eigenvalue weighted by molar-refractivity contribution is 7.89. The van der Waals surface area contributed by atoms with E-state index in [0.717, 1.165) is 18.5 Å². The minimum atomic E-state index is -3.52. The number of methoxy groups -OCH3 is 2. The fourth-order valence-electron chi connectivity index (χ4n) is 1.91. The Morgan fingerprint density at radius 3 is 2.33 bits per heavy atom. The molecule has 0 aliphatic heterocycles. The van der Waals surface area contributed by atoms with Gasteiger partial charge in [-0.15, -0.1) is 0 Å². The van der Waals surface area contributed by atoms with Crippen molar-refractivity contribution in [2.24, 2.45) is 0 Å². The zero-order valence-electron chi connectivity index (χ0n) is 13.3. The number of benzene rings is 1. The van der Waals surface area contributed by atoms with Gasteiger partial charge in [-0.3, -0.25) is 0 Å². The van der Waals surface area contributed by atoms with E-state index in [1.165, 1.54) is 31.6 Å². The van der Waals surface area contributed by atoms with Crippen LogP contribution >= 0.6 is 0 Å². The van der Waals surface area contributed by atoms with Crippen LogP contribution < -0.4 is 14.8 Å². The normalized spacial score (nSPS) is 11.7. The molecule has 6 nitrogen and oxygen atoms in total. The monoisotopic (exact) mass is 316 g/mol. The molecule has 21 heavy (non-hydrogen) atoms. The highest BCUT2D eigenvalue weighted by atomic mass is 32.2. The number of sulfonamides is 1. The fraction of sp³-hybridized carbons (Fsp3) is 0.571. The van der Waals surface area contributed by atoms with E-state index in [9.17, 15) is 8.42 Å². The highest BCUT2D eigenvalue weighted by Gasteiger charge is 2.22. The van der Waals surface area contributed by atoms with Crippen LogP contribution in [-0.2, 0) is 16.6 Å². The first-order valence-electron chi connectivity index (χ1n) is 6.76. The van der Waals surface area contributed by atoms with E-state index in [-0.39, 0.29) is 4.90 Å². The summed E-state index contributed by atoms with van der Waals surface area (Å²) in [4.78, 5) is 0.193. The molecule has 7 heteroatoms. The highest BCUT2D eigenvalue weighted by Crippen LogP contribution is 2.34. The van der Waals surface area contributed by atoms with Crippen molar-refractivity contribution in [2.45, 2.75) is 24.8 Å². The minimum absolute atomic E-state index is 0.193. The first kappa shape index (κ1) is 17.7. The molecule has 1 N–H and O–H groups in total. The van der Waals surface area contributed by atoms with Crippen molar-refractivity contribution >= 4 is 10.0 Å². The van der Waals surface area contributed by atoms with E-state index in [2.05, 4.69) is 12.2 Å². The lowest BCUT2D eigenvalue weighted by Gasteiger charge is -2.17. The van der Waals surface area contributed by atoms with Crippen LogP contribution in [0.4, 0.5) is 0 Å². The Morgan fingerprint density at radius 1 is 1.19 bits per heavy atom. The van der Waals surface area contributed by atoms with E-state index >= 15 is 0 Å². The van der Waals surface area contributed by atoms with Gasteiger partial charge in [-0.1, -0.05) is 6.92 Å². The fourth-order valence-corrected chi connectivity index (χ4v) is 2.87. The molecular weight excluding hydrogens is 292 g/mol. The second-order valence-electron chi connectivity index (χ2n) is 4.78. The van der Waals surface area contributed by atoms with Crippen LogP contribution in [0.1, 0.15) is 18.9 Å². The molecule has 0 heterocycles. The minimum Gasteiger partial charge on any atom is -0.493 e. The van der Waals surface area contributed by atoms with Gasteiger partial charge in [0.05, 0.1) is 19.1 Å². The van der Waals surface area contributed by atoms with Gasteiger partial charge in [0.15, 0.2) is 11.5 Å². The Labute approximate surface area is 127 Å². The Hall–Kier alpha value is -1.31. The van der Waals surface area contributed by atoms with Crippen molar-refractivity contribution < 1.29 is 17.9 Å². The molecule has 0 radical (unpaired) electrons. The quantitative estimate of drug-likeness (QED) is 0.735. The Balaban J connectivity index is 3.33. The lowest BCUT2D eigenvalue weighted by atomic mass is 10.2. The molecule has 0 aliphatic carbocycles. The van der Waals surface area contributed by atoms with Crippen molar-refractivity contribution in [1.29, 1.82) is 0 Å². The number of nitrogens with zero attached hydrogens (tertiary/aromatic N) is 1. The topological polar surface area (TPSA) is 67.9 Å². The summed E-state index contributed by atoms with van der Waals surface area (Å²) in [6.07, 6.45) is 0.995. The standard InChI is InChI=1S/C14H24N2O4S/c1-6-7-15-10-11-8-12(21(17,18)16(2)3)9-13(19-4)14(11)20-5/h8-9,15H,6-7,10H2,1-5H3. The van der Waals surface area contributed by atoms with E-state index < -0.39 is 10.0 Å². The van der Waals surface area contributed by atoms with Crippen molar-refractivity contribution in [3.63, 3.8) is 0 Å². The molecule has 0 aromatic heterocycles. The zero-order chi connectivity index (χ0) is 16.0. The van der Waals surface area contributed by atoms with Gasteiger partial charge in [0.1, 0.15) is 0 Å². The maximum absolute atomic E-state index is 12.3. The molecular formula is C14H24N2O4S. The van der Waals surface area contributed by atoms with Crippen molar-refractivity contribution in [3.05, 3.63) is 17.7 Å². The molecule has 0 atom stereocenters. The summed E-state index contributed by atoms with van der Waals surface area (Å²) in [5.74, 6) is 0.965. The summed E-state index contributed by atoms with van der Waals surface area (Å²) in [6, 6.07) is 3.11. The summed E-state index contributed by atoms with van der Waals surface area (Å²) in [5.41, 5.74) is 0.755. The van der Waals surface area contributed by atoms with Crippen molar-refractivity contribution in [2.75, 3.05) is 34.9 Å². The molecule has 0 spiro atoms. The van der Waals surface area contributed by atoms with Gasteiger partial charge >= 0.3 is 0 Å². The van der Waals surface area contributed by atoms with Gasteiger partial charge in [0, 0.05) is 32.3 Å². The lowest BCUT2D eigenvalue weighted by Crippen LogP contribution is -2.23. The molecule has 0 bridgehead atoms. The summed E-state index contributed by atoms with van der Waals surface area (Å²) >= 11 is 0. The third-order valence-electron chi connectivity index (χ3n) is 3.05. The number of hydrogen-bond acceptors (Lipinski definition) is 5. The Morgan fingerprint density at radius 2 is 1.86 bits per heavy atom.